The lowest BCUT2D eigenvalue weighted by Crippen LogP contribution is -2.33. The lowest BCUT2D eigenvalue weighted by molar-refractivity contribution is 0.0993. The van der Waals surface area contributed by atoms with E-state index in [1.807, 2.05) is 0 Å². The minimum absolute atomic E-state index is 0.0668. The van der Waals surface area contributed by atoms with Crippen LogP contribution in [0.3, 0.4) is 0 Å². The first-order chi connectivity index (χ1) is 9.66. The fourth-order valence-electron chi connectivity index (χ4n) is 1.62. The Morgan fingerprint density at radius 3 is 2.30 bits per heavy atom. The van der Waals surface area contributed by atoms with E-state index >= 15 is 0 Å². The molecule has 2 N–H and O–H groups in total. The molecule has 0 aliphatic carbocycles. The van der Waals surface area contributed by atoms with Gasteiger partial charge in [-0.1, -0.05) is 42.5 Å². The van der Waals surface area contributed by atoms with E-state index in [-0.39, 0.29) is 18.0 Å². The summed E-state index contributed by atoms with van der Waals surface area (Å²) in [5, 5.41) is 4.73. The third-order valence-corrected chi connectivity index (χ3v) is 2.63. The van der Waals surface area contributed by atoms with Crippen LogP contribution in [0.2, 0.25) is 0 Å². The molecule has 4 nitrogen and oxygen atoms in total. The second-order valence-corrected chi connectivity index (χ2v) is 4.08. The normalized spacial score (nSPS) is 9.85. The van der Waals surface area contributed by atoms with Crippen LogP contribution in [-0.4, -0.2) is 18.4 Å². The Kier molecular flexibility index (Phi) is 4.44. The number of carbonyl (C=O) groups excluding carboxylic acids is 2. The van der Waals surface area contributed by atoms with Crippen molar-refractivity contribution in [2.45, 2.75) is 0 Å². The average Bonchev–Trinajstić information content (AvgIpc) is 2.48. The number of benzene rings is 2. The summed E-state index contributed by atoms with van der Waals surface area (Å²) in [7, 11) is 0. The largest absolute Gasteiger partial charge is 0.330 e. The van der Waals surface area contributed by atoms with Crippen LogP contribution >= 0.6 is 0 Å². The molecule has 0 unspecified atom stereocenters. The topological polar surface area (TPSA) is 58.2 Å². The van der Waals surface area contributed by atoms with Gasteiger partial charge in [-0.15, -0.1) is 0 Å². The van der Waals surface area contributed by atoms with Crippen LogP contribution in [0, 0.1) is 5.82 Å². The zero-order chi connectivity index (χ0) is 14.4. The van der Waals surface area contributed by atoms with E-state index in [0.29, 0.717) is 5.56 Å². The highest BCUT2D eigenvalue weighted by atomic mass is 19.1. The minimum Gasteiger partial charge on any atom is -0.330 e. The molecule has 0 saturated carbocycles. The van der Waals surface area contributed by atoms with Gasteiger partial charge in [0.25, 0.3) is 0 Å². The standard InChI is InChI=1S/C15H13FN2O2/c16-12-8-4-5-9-13(12)18-15(20)17-10-14(19)11-6-2-1-3-7-11/h1-9H,10H2,(H2,17,18,20). The third-order valence-electron chi connectivity index (χ3n) is 2.63. The zero-order valence-corrected chi connectivity index (χ0v) is 10.6. The molecule has 0 atom stereocenters. The Morgan fingerprint density at radius 2 is 1.60 bits per heavy atom. The Morgan fingerprint density at radius 1 is 0.950 bits per heavy atom. The van der Waals surface area contributed by atoms with Gasteiger partial charge in [-0.25, -0.2) is 9.18 Å². The number of halogens is 1. The molecule has 0 heterocycles. The first-order valence-corrected chi connectivity index (χ1v) is 6.04. The second kappa shape index (κ2) is 6.47. The summed E-state index contributed by atoms with van der Waals surface area (Å²) in [5.74, 6) is -0.744. The first kappa shape index (κ1) is 13.7. The van der Waals surface area contributed by atoms with E-state index in [1.165, 1.54) is 18.2 Å². The van der Waals surface area contributed by atoms with Crippen LogP contribution in [-0.2, 0) is 0 Å². The number of ketones is 1. The molecule has 0 aliphatic heterocycles. The summed E-state index contributed by atoms with van der Waals surface area (Å²) in [6.07, 6.45) is 0. The van der Waals surface area contributed by atoms with Crippen molar-refractivity contribution in [1.82, 2.24) is 5.32 Å². The summed E-state index contributed by atoms with van der Waals surface area (Å²) in [5.41, 5.74) is 0.579. The van der Waals surface area contributed by atoms with Gasteiger partial charge < -0.3 is 10.6 Å². The maximum Gasteiger partial charge on any atom is 0.319 e. The number of nitrogens with one attached hydrogen (secondary N) is 2. The number of urea groups is 1. The van der Waals surface area contributed by atoms with E-state index < -0.39 is 11.8 Å². The number of carbonyl (C=O) groups is 2. The molecule has 2 rings (SSSR count). The van der Waals surface area contributed by atoms with Crippen LogP contribution in [0.1, 0.15) is 10.4 Å². The molecule has 0 aliphatic rings. The Balaban J connectivity index is 1.87. The lowest BCUT2D eigenvalue weighted by atomic mass is 10.1. The molecule has 2 aromatic rings. The van der Waals surface area contributed by atoms with E-state index in [9.17, 15) is 14.0 Å². The van der Waals surface area contributed by atoms with Gasteiger partial charge in [0.05, 0.1) is 12.2 Å². The van der Waals surface area contributed by atoms with Crippen molar-refractivity contribution in [3.8, 4) is 0 Å². The molecule has 2 amide bonds. The molecule has 0 saturated heterocycles. The van der Waals surface area contributed by atoms with Crippen molar-refractivity contribution in [3.63, 3.8) is 0 Å². The average molecular weight is 272 g/mol. The molecule has 102 valence electrons. The summed E-state index contributed by atoms with van der Waals surface area (Å²) in [6, 6.07) is 13.8. The van der Waals surface area contributed by atoms with Gasteiger partial charge in [0.2, 0.25) is 0 Å². The number of amides is 2. The van der Waals surface area contributed by atoms with Crippen LogP contribution < -0.4 is 10.6 Å². The van der Waals surface area contributed by atoms with E-state index in [2.05, 4.69) is 10.6 Å². The molecular formula is C15H13FN2O2. The molecule has 20 heavy (non-hydrogen) atoms. The van der Waals surface area contributed by atoms with Gasteiger partial charge in [0.1, 0.15) is 5.82 Å². The van der Waals surface area contributed by atoms with E-state index in [0.717, 1.165) is 0 Å². The van der Waals surface area contributed by atoms with Crippen molar-refractivity contribution >= 4 is 17.5 Å². The predicted octanol–water partition coefficient (Wildman–Crippen LogP) is 2.83. The third kappa shape index (κ3) is 3.65. The fraction of sp³-hybridized carbons (Fsp3) is 0.0667. The van der Waals surface area contributed by atoms with Crippen molar-refractivity contribution in [2.24, 2.45) is 0 Å². The molecule has 0 fully saturated rings. The van der Waals surface area contributed by atoms with Crippen LogP contribution in [0.15, 0.2) is 54.6 Å². The zero-order valence-electron chi connectivity index (χ0n) is 10.6. The SMILES string of the molecule is O=C(NCC(=O)c1ccccc1)Nc1ccccc1F. The Labute approximate surface area is 115 Å². The highest BCUT2D eigenvalue weighted by Gasteiger charge is 2.09. The smallest absolute Gasteiger partial charge is 0.319 e. The summed E-state index contributed by atoms with van der Waals surface area (Å²) < 4.78 is 13.3. The number of hydrogen-bond donors (Lipinski definition) is 2. The maximum absolute atomic E-state index is 13.3. The van der Waals surface area contributed by atoms with Crippen molar-refractivity contribution in [1.29, 1.82) is 0 Å². The summed E-state index contributed by atoms with van der Waals surface area (Å²) >= 11 is 0. The fourth-order valence-corrected chi connectivity index (χ4v) is 1.62. The Hall–Kier alpha value is -2.69. The van der Waals surface area contributed by atoms with Crippen LogP contribution in [0.4, 0.5) is 14.9 Å². The number of anilines is 1. The maximum atomic E-state index is 13.3. The van der Waals surface area contributed by atoms with Gasteiger partial charge in [-0.3, -0.25) is 4.79 Å². The van der Waals surface area contributed by atoms with Crippen molar-refractivity contribution in [2.75, 3.05) is 11.9 Å². The summed E-state index contributed by atoms with van der Waals surface area (Å²) in [6.45, 7) is -0.149. The number of hydrogen-bond acceptors (Lipinski definition) is 2. The van der Waals surface area contributed by atoms with Gasteiger partial charge in [0, 0.05) is 5.56 Å². The molecule has 2 aromatic carbocycles. The first-order valence-electron chi connectivity index (χ1n) is 6.04. The number of para-hydroxylation sites is 1. The second-order valence-electron chi connectivity index (χ2n) is 4.08. The minimum atomic E-state index is -0.626. The van der Waals surface area contributed by atoms with Crippen LogP contribution in [0.25, 0.3) is 0 Å². The van der Waals surface area contributed by atoms with Crippen molar-refractivity contribution < 1.29 is 14.0 Å². The lowest BCUT2D eigenvalue weighted by Gasteiger charge is -2.07. The predicted molar refractivity (Wildman–Crippen MR) is 74.2 cm³/mol. The molecule has 0 aromatic heterocycles. The summed E-state index contributed by atoms with van der Waals surface area (Å²) in [4.78, 5) is 23.3. The highest BCUT2D eigenvalue weighted by Crippen LogP contribution is 2.11. The molecule has 0 spiro atoms. The van der Waals surface area contributed by atoms with E-state index in [4.69, 9.17) is 0 Å². The highest BCUT2D eigenvalue weighted by molar-refractivity contribution is 6.00. The molecule has 0 radical (unpaired) electrons. The van der Waals surface area contributed by atoms with Gasteiger partial charge >= 0.3 is 6.03 Å². The monoisotopic (exact) mass is 272 g/mol. The van der Waals surface area contributed by atoms with Crippen LogP contribution in [0.5, 0.6) is 0 Å². The van der Waals surface area contributed by atoms with Gasteiger partial charge in [-0.05, 0) is 12.1 Å². The number of rotatable bonds is 4. The van der Waals surface area contributed by atoms with Crippen molar-refractivity contribution in [3.05, 3.63) is 66.0 Å². The van der Waals surface area contributed by atoms with Gasteiger partial charge in [0.15, 0.2) is 5.78 Å². The van der Waals surface area contributed by atoms with Gasteiger partial charge in [-0.2, -0.15) is 0 Å². The van der Waals surface area contributed by atoms with E-state index in [1.54, 1.807) is 36.4 Å². The number of Topliss-reactive ketones (excluding diaryl/α,β-unsaturated/α-hetero) is 1. The molecule has 5 heteroatoms. The molecule has 0 bridgehead atoms. The quantitative estimate of drug-likeness (QED) is 0.841. The Bertz CT molecular complexity index is 614. The molecular weight excluding hydrogens is 259 g/mol.